The lowest BCUT2D eigenvalue weighted by Crippen LogP contribution is -2.10. The van der Waals surface area contributed by atoms with E-state index < -0.39 is 0 Å². The molecule has 0 bridgehead atoms. The van der Waals surface area contributed by atoms with Crippen molar-refractivity contribution in [2.45, 2.75) is 13.5 Å². The van der Waals surface area contributed by atoms with Crippen molar-refractivity contribution in [2.75, 3.05) is 4.90 Å². The Morgan fingerprint density at radius 3 is 1.64 bits per heavy atom. The van der Waals surface area contributed by atoms with Crippen LogP contribution < -0.4 is 4.90 Å². The Labute approximate surface area is 293 Å². The molecule has 1 heterocycles. The van der Waals surface area contributed by atoms with Crippen molar-refractivity contribution in [2.24, 2.45) is 0 Å². The van der Waals surface area contributed by atoms with Crippen molar-refractivity contribution in [3.05, 3.63) is 188 Å². The lowest BCUT2D eigenvalue weighted by atomic mass is 9.94. The van der Waals surface area contributed by atoms with Gasteiger partial charge in [0.1, 0.15) is 0 Å². The zero-order chi connectivity index (χ0) is 33.4. The summed E-state index contributed by atoms with van der Waals surface area (Å²) in [6.07, 6.45) is 0. The number of fused-ring (bicyclic) bond motifs is 4. The summed E-state index contributed by atoms with van der Waals surface area (Å²) in [5, 5.41) is 5.06. The highest BCUT2D eigenvalue weighted by Crippen LogP contribution is 2.42. The highest BCUT2D eigenvalue weighted by Gasteiger charge is 2.18. The topological polar surface area (TPSA) is 8.17 Å². The summed E-state index contributed by atoms with van der Waals surface area (Å²) in [5.74, 6) is 0. The van der Waals surface area contributed by atoms with Gasteiger partial charge in [0.25, 0.3) is 0 Å². The zero-order valence-electron chi connectivity index (χ0n) is 28.0. The first-order valence-corrected chi connectivity index (χ1v) is 17.4. The third-order valence-corrected chi connectivity index (χ3v) is 10.0. The molecule has 0 fully saturated rings. The molecule has 2 nitrogen and oxygen atoms in total. The molecule has 0 saturated carbocycles. The summed E-state index contributed by atoms with van der Waals surface area (Å²) in [6, 6.07) is 68.2. The fourth-order valence-electron chi connectivity index (χ4n) is 7.58. The largest absolute Gasteiger partial charge is 0.341 e. The van der Waals surface area contributed by atoms with E-state index in [0.717, 1.165) is 23.6 Å². The highest BCUT2D eigenvalue weighted by atomic mass is 15.1. The predicted octanol–water partition coefficient (Wildman–Crippen LogP) is 13.4. The number of nitrogens with zero attached hydrogens (tertiary/aromatic N) is 2. The molecule has 9 rings (SSSR count). The first-order valence-electron chi connectivity index (χ1n) is 17.4. The SMILES string of the molecule is CCn1c2ccccc2c2cc(-c3ccc(-c4ccc(N(c5ccccc5)c5ccc(-c6ccccc6)cc5)c5ccccc45)cc3)ccc21. The molecule has 0 saturated heterocycles. The normalized spacial score (nSPS) is 11.4. The highest BCUT2D eigenvalue weighted by molar-refractivity contribution is 6.10. The van der Waals surface area contributed by atoms with Crippen LogP contribution in [0.25, 0.3) is 66.0 Å². The van der Waals surface area contributed by atoms with Crippen LogP contribution in [0.1, 0.15) is 6.92 Å². The van der Waals surface area contributed by atoms with Gasteiger partial charge < -0.3 is 9.47 Å². The number of hydrogen-bond acceptors (Lipinski definition) is 1. The molecule has 238 valence electrons. The van der Waals surface area contributed by atoms with E-state index in [9.17, 15) is 0 Å². The average Bonchev–Trinajstić information content (AvgIpc) is 3.52. The summed E-state index contributed by atoms with van der Waals surface area (Å²) in [5.41, 5.74) is 13.3. The quantitative estimate of drug-likeness (QED) is 0.168. The van der Waals surface area contributed by atoms with Gasteiger partial charge in [0, 0.05) is 45.1 Å². The molecule has 0 amide bonds. The smallest absolute Gasteiger partial charge is 0.0540 e. The van der Waals surface area contributed by atoms with Crippen LogP contribution in [-0.2, 0) is 6.54 Å². The Bertz CT molecular complexity index is 2600. The Kier molecular flexibility index (Phi) is 7.48. The fraction of sp³-hybridized carbons (Fsp3) is 0.0417. The minimum Gasteiger partial charge on any atom is -0.341 e. The maximum Gasteiger partial charge on any atom is 0.0540 e. The lowest BCUT2D eigenvalue weighted by molar-refractivity contribution is 0.827. The number of aromatic nitrogens is 1. The first kappa shape index (κ1) is 29.7. The Hall–Kier alpha value is -6.38. The van der Waals surface area contributed by atoms with Crippen molar-refractivity contribution >= 4 is 49.6 Å². The summed E-state index contributed by atoms with van der Waals surface area (Å²) in [6.45, 7) is 3.17. The molecular formula is C48H36N2. The van der Waals surface area contributed by atoms with E-state index in [4.69, 9.17) is 0 Å². The molecule has 8 aromatic carbocycles. The first-order chi connectivity index (χ1) is 24.8. The third kappa shape index (κ3) is 5.14. The van der Waals surface area contributed by atoms with Crippen molar-refractivity contribution in [3.8, 4) is 33.4 Å². The molecule has 1 aromatic heterocycles. The van der Waals surface area contributed by atoms with E-state index in [1.165, 1.54) is 66.0 Å². The lowest BCUT2D eigenvalue weighted by Gasteiger charge is -2.27. The maximum absolute atomic E-state index is 2.41. The van der Waals surface area contributed by atoms with E-state index in [0.29, 0.717) is 0 Å². The van der Waals surface area contributed by atoms with Gasteiger partial charge >= 0.3 is 0 Å². The van der Waals surface area contributed by atoms with Crippen LogP contribution in [0.4, 0.5) is 17.1 Å². The molecule has 50 heavy (non-hydrogen) atoms. The Morgan fingerprint density at radius 1 is 0.380 bits per heavy atom. The minimum atomic E-state index is 0.953. The summed E-state index contributed by atoms with van der Waals surface area (Å²) in [4.78, 5) is 2.37. The average molecular weight is 641 g/mol. The summed E-state index contributed by atoms with van der Waals surface area (Å²) < 4.78 is 2.41. The van der Waals surface area contributed by atoms with Crippen LogP contribution in [0.2, 0.25) is 0 Å². The van der Waals surface area contributed by atoms with Gasteiger partial charge in [-0.15, -0.1) is 0 Å². The maximum atomic E-state index is 2.41. The van der Waals surface area contributed by atoms with Crippen molar-refractivity contribution < 1.29 is 0 Å². The number of para-hydroxylation sites is 2. The molecule has 0 aliphatic heterocycles. The second-order valence-electron chi connectivity index (χ2n) is 12.8. The number of anilines is 3. The summed E-state index contributed by atoms with van der Waals surface area (Å²) >= 11 is 0. The van der Waals surface area contributed by atoms with Crippen LogP contribution in [0.15, 0.2) is 188 Å². The van der Waals surface area contributed by atoms with Crippen LogP contribution in [0.3, 0.4) is 0 Å². The number of hydrogen-bond donors (Lipinski definition) is 0. The molecule has 2 heteroatoms. The number of benzene rings is 8. The van der Waals surface area contributed by atoms with Gasteiger partial charge in [-0.25, -0.2) is 0 Å². The molecule has 0 unspecified atom stereocenters. The molecule has 0 spiro atoms. The van der Waals surface area contributed by atoms with E-state index in [-0.39, 0.29) is 0 Å². The monoisotopic (exact) mass is 640 g/mol. The fourth-order valence-corrected chi connectivity index (χ4v) is 7.58. The van der Waals surface area contributed by atoms with Gasteiger partial charge in [0.15, 0.2) is 0 Å². The van der Waals surface area contributed by atoms with Gasteiger partial charge in [-0.05, 0) is 94.2 Å². The van der Waals surface area contributed by atoms with E-state index >= 15 is 0 Å². The Morgan fingerprint density at radius 2 is 0.900 bits per heavy atom. The number of rotatable bonds is 7. The van der Waals surface area contributed by atoms with Gasteiger partial charge in [-0.2, -0.15) is 0 Å². The van der Waals surface area contributed by atoms with Crippen molar-refractivity contribution in [1.82, 2.24) is 4.57 Å². The van der Waals surface area contributed by atoms with Gasteiger partial charge in [-0.3, -0.25) is 0 Å². The molecular weight excluding hydrogens is 605 g/mol. The van der Waals surface area contributed by atoms with Crippen molar-refractivity contribution in [3.63, 3.8) is 0 Å². The Balaban J connectivity index is 1.11. The van der Waals surface area contributed by atoms with Crippen LogP contribution in [-0.4, -0.2) is 4.57 Å². The molecule has 0 atom stereocenters. The minimum absolute atomic E-state index is 0.953. The third-order valence-electron chi connectivity index (χ3n) is 10.0. The second-order valence-corrected chi connectivity index (χ2v) is 12.8. The number of aryl methyl sites for hydroxylation is 1. The predicted molar refractivity (Wildman–Crippen MR) is 214 cm³/mol. The van der Waals surface area contributed by atoms with E-state index in [1.54, 1.807) is 0 Å². The van der Waals surface area contributed by atoms with Gasteiger partial charge in [0.05, 0.1) is 5.69 Å². The van der Waals surface area contributed by atoms with Crippen LogP contribution >= 0.6 is 0 Å². The van der Waals surface area contributed by atoms with Gasteiger partial charge in [-0.1, -0.05) is 140 Å². The molecule has 9 aromatic rings. The standard InChI is InChI=1S/C48H36N2/c1-2-49-46-20-12-11-19-44(46)45-33-38(27-31-47(45)49)36-21-23-37(24-22-36)41-30-32-48(43-18-10-9-17-42(41)43)50(39-15-7-4-8-16-39)40-28-25-35(26-29-40)34-13-5-3-6-14-34/h3-33H,2H2,1H3. The summed E-state index contributed by atoms with van der Waals surface area (Å²) in [7, 11) is 0. The molecule has 0 aliphatic carbocycles. The molecule has 0 radical (unpaired) electrons. The van der Waals surface area contributed by atoms with Crippen LogP contribution in [0, 0.1) is 0 Å². The van der Waals surface area contributed by atoms with E-state index in [2.05, 4.69) is 204 Å². The van der Waals surface area contributed by atoms with Gasteiger partial charge in [0.2, 0.25) is 0 Å². The van der Waals surface area contributed by atoms with E-state index in [1.807, 2.05) is 0 Å². The molecule has 0 aliphatic rings. The second kappa shape index (κ2) is 12.6. The molecule has 0 N–H and O–H groups in total. The zero-order valence-corrected chi connectivity index (χ0v) is 28.0. The van der Waals surface area contributed by atoms with Crippen LogP contribution in [0.5, 0.6) is 0 Å². The van der Waals surface area contributed by atoms with Crippen molar-refractivity contribution in [1.29, 1.82) is 0 Å².